The Labute approximate surface area is 328 Å². The van der Waals surface area contributed by atoms with Gasteiger partial charge < -0.3 is 29.3 Å². The number of fused-ring (bicyclic) bond motifs is 3. The number of allylic oxidation sites excluding steroid dienone is 3. The fourth-order valence-corrected chi connectivity index (χ4v) is 10.1. The van der Waals surface area contributed by atoms with E-state index in [2.05, 4.69) is 26.8 Å². The number of alkyl halides is 1. The molecule has 0 aromatic carbocycles. The number of aliphatic hydroxyl groups excluding tert-OH is 1. The first-order valence-corrected chi connectivity index (χ1v) is 21.0. The van der Waals surface area contributed by atoms with Gasteiger partial charge in [0, 0.05) is 37.8 Å². The van der Waals surface area contributed by atoms with Gasteiger partial charge >= 0.3 is 5.97 Å². The standard InChI is InChI=1S/C43H68ClNO9/c1-10-32-19-25(3)17-24(2)18-26(4)38-27(5)20-29(7)43(51,54-38)40(48)41(49)45-16-12-11-13-34(45)42(50)53-39(30(8)35(46)23-36(32)47)28(6)21-31-14-15-33(44)37(22-31)52-9/h19,21,24,26-27,29-35,37-39,46,51H,10-18,20,22-23H2,1-9H3/b25-19+,28-21+/t24-,26-,27-,29+,30+,31-,32+,33-,34-,35-,37+,38+,39+,43+/m0/s1. The zero-order valence-electron chi connectivity index (χ0n) is 34.2. The highest BCUT2D eigenvalue weighted by Gasteiger charge is 2.55. The van der Waals surface area contributed by atoms with Crippen LogP contribution in [-0.4, -0.2) is 93.8 Å². The van der Waals surface area contributed by atoms with Crippen molar-refractivity contribution in [1.29, 1.82) is 0 Å². The fourth-order valence-electron chi connectivity index (χ4n) is 9.75. The first-order valence-electron chi connectivity index (χ1n) is 20.6. The number of hydrogen-bond acceptors (Lipinski definition) is 9. The number of ether oxygens (including phenoxy) is 3. The minimum absolute atomic E-state index is 0.0321. The van der Waals surface area contributed by atoms with E-state index in [9.17, 15) is 29.4 Å². The van der Waals surface area contributed by atoms with Gasteiger partial charge in [0.15, 0.2) is 0 Å². The fraction of sp³-hybridized carbons (Fsp3) is 0.814. The molecule has 0 aromatic heterocycles. The number of carbonyl (C=O) groups excluding carboxylic acids is 4. The summed E-state index contributed by atoms with van der Waals surface area (Å²) in [6.45, 7) is 15.8. The number of aliphatic hydroxyl groups is 2. The molecule has 1 saturated carbocycles. The van der Waals surface area contributed by atoms with E-state index in [1.807, 2.05) is 26.8 Å². The minimum Gasteiger partial charge on any atom is -0.456 e. The number of hydrogen-bond donors (Lipinski definition) is 2. The first kappa shape index (κ1) is 44.6. The molecular formula is C43H68ClNO9. The van der Waals surface area contributed by atoms with Gasteiger partial charge in [0.2, 0.25) is 5.79 Å². The molecule has 14 atom stereocenters. The van der Waals surface area contributed by atoms with Crippen molar-refractivity contribution >= 4 is 35.0 Å². The van der Waals surface area contributed by atoms with E-state index in [1.54, 1.807) is 21.0 Å². The molecule has 2 saturated heterocycles. The molecule has 3 aliphatic heterocycles. The Morgan fingerprint density at radius 3 is 2.37 bits per heavy atom. The molecule has 10 nitrogen and oxygen atoms in total. The first-order chi connectivity index (χ1) is 25.4. The summed E-state index contributed by atoms with van der Waals surface area (Å²) in [5.74, 6) is -6.45. The summed E-state index contributed by atoms with van der Waals surface area (Å²) in [6, 6.07) is -1.07. The highest BCUT2D eigenvalue weighted by molar-refractivity contribution is 6.39. The van der Waals surface area contributed by atoms with Crippen molar-refractivity contribution in [1.82, 2.24) is 4.90 Å². The summed E-state index contributed by atoms with van der Waals surface area (Å²) in [7, 11) is 1.65. The van der Waals surface area contributed by atoms with Crippen molar-refractivity contribution in [3.05, 3.63) is 23.3 Å². The van der Waals surface area contributed by atoms with Gasteiger partial charge in [-0.25, -0.2) is 4.79 Å². The maximum absolute atomic E-state index is 14.2. The number of Topliss-reactive ketones (excluding diaryl/α,β-unsaturated/α-hetero) is 2. The average molecular weight is 778 g/mol. The van der Waals surface area contributed by atoms with Gasteiger partial charge in [0.1, 0.15) is 17.9 Å². The Morgan fingerprint density at radius 2 is 1.70 bits per heavy atom. The van der Waals surface area contributed by atoms with Gasteiger partial charge in [-0.15, -0.1) is 11.6 Å². The van der Waals surface area contributed by atoms with Gasteiger partial charge in [0.05, 0.1) is 23.7 Å². The normalized spacial score (nSPS) is 42.7. The molecule has 4 aliphatic rings. The van der Waals surface area contributed by atoms with Crippen molar-refractivity contribution in [2.24, 2.45) is 41.4 Å². The summed E-state index contributed by atoms with van der Waals surface area (Å²) in [6.07, 6.45) is 7.73. The van der Waals surface area contributed by atoms with E-state index < -0.39 is 59.6 Å². The third-order valence-corrected chi connectivity index (χ3v) is 13.4. The molecule has 4 rings (SSSR count). The van der Waals surface area contributed by atoms with Crippen LogP contribution in [0.2, 0.25) is 0 Å². The Kier molecular flexibility index (Phi) is 16.0. The molecule has 11 heteroatoms. The van der Waals surface area contributed by atoms with Crippen LogP contribution in [0.25, 0.3) is 0 Å². The summed E-state index contributed by atoms with van der Waals surface area (Å²) in [5, 5.41) is 23.5. The number of amides is 1. The SMILES string of the molecule is CC[C@@H]1/C=C(\C)C[C@H](C)C[C@H](C)[C@H]2O[C@@](O)(C(=O)C(=O)N3CCCC[C@H]3C(=O)O[C@H](/C(C)=C/[C@@H]3CC[C@H](Cl)[C@H](OC)C3)[C@H](C)[C@@H](O)CC1=O)[C@H](C)C[C@@H]2C. The number of rotatable bonds is 4. The number of ketones is 2. The topological polar surface area (TPSA) is 140 Å². The molecule has 2 bridgehead atoms. The zero-order chi connectivity index (χ0) is 40.1. The molecule has 54 heavy (non-hydrogen) atoms. The van der Waals surface area contributed by atoms with E-state index in [0.29, 0.717) is 32.1 Å². The molecular weight excluding hydrogens is 710 g/mol. The van der Waals surface area contributed by atoms with E-state index in [0.717, 1.165) is 36.8 Å². The minimum atomic E-state index is -2.33. The van der Waals surface area contributed by atoms with E-state index in [-0.39, 0.29) is 66.2 Å². The maximum Gasteiger partial charge on any atom is 0.329 e. The van der Waals surface area contributed by atoms with Crippen molar-refractivity contribution in [2.75, 3.05) is 13.7 Å². The van der Waals surface area contributed by atoms with Gasteiger partial charge in [-0.2, -0.15) is 0 Å². The highest BCUT2D eigenvalue weighted by Crippen LogP contribution is 2.42. The lowest BCUT2D eigenvalue weighted by Gasteiger charge is -2.46. The smallest absolute Gasteiger partial charge is 0.329 e. The van der Waals surface area contributed by atoms with Crippen molar-refractivity contribution in [3.8, 4) is 0 Å². The van der Waals surface area contributed by atoms with Crippen molar-refractivity contribution in [2.45, 2.75) is 168 Å². The molecule has 0 aromatic rings. The predicted octanol–water partition coefficient (Wildman–Crippen LogP) is 6.96. The second-order valence-corrected chi connectivity index (χ2v) is 18.1. The highest BCUT2D eigenvalue weighted by atomic mass is 35.5. The number of halogens is 1. The summed E-state index contributed by atoms with van der Waals surface area (Å²) in [4.78, 5) is 57.5. The van der Waals surface area contributed by atoms with E-state index in [4.69, 9.17) is 25.8 Å². The molecule has 2 N–H and O–H groups in total. The van der Waals surface area contributed by atoms with Crippen LogP contribution in [0.4, 0.5) is 0 Å². The predicted molar refractivity (Wildman–Crippen MR) is 208 cm³/mol. The van der Waals surface area contributed by atoms with Crippen LogP contribution in [0, 0.1) is 41.4 Å². The van der Waals surface area contributed by atoms with Crippen LogP contribution in [0.3, 0.4) is 0 Å². The van der Waals surface area contributed by atoms with Gasteiger partial charge in [0.25, 0.3) is 11.7 Å². The number of methoxy groups -OCH3 is 1. The van der Waals surface area contributed by atoms with Crippen LogP contribution < -0.4 is 0 Å². The average Bonchev–Trinajstić information content (AvgIpc) is 3.13. The van der Waals surface area contributed by atoms with Crippen LogP contribution in [-0.2, 0) is 33.4 Å². The van der Waals surface area contributed by atoms with Gasteiger partial charge in [-0.3, -0.25) is 14.4 Å². The zero-order valence-corrected chi connectivity index (χ0v) is 35.0. The molecule has 1 aliphatic carbocycles. The lowest BCUT2D eigenvalue weighted by molar-refractivity contribution is -0.282. The summed E-state index contributed by atoms with van der Waals surface area (Å²) in [5.41, 5.74) is 1.80. The maximum atomic E-state index is 14.2. The monoisotopic (exact) mass is 777 g/mol. The Hall–Kier alpha value is -2.11. The second-order valence-electron chi connectivity index (χ2n) is 17.5. The lowest BCUT2D eigenvalue weighted by Crippen LogP contribution is -2.62. The number of carbonyl (C=O) groups is 4. The van der Waals surface area contributed by atoms with E-state index in [1.165, 1.54) is 4.90 Å². The molecule has 3 heterocycles. The molecule has 306 valence electrons. The second kappa shape index (κ2) is 19.4. The van der Waals surface area contributed by atoms with Gasteiger partial charge in [-0.05, 0) is 107 Å². The quantitative estimate of drug-likeness (QED) is 0.134. The molecule has 0 unspecified atom stereocenters. The van der Waals surface area contributed by atoms with Crippen LogP contribution >= 0.6 is 11.6 Å². The Bertz CT molecular complexity index is 1400. The lowest BCUT2D eigenvalue weighted by atomic mass is 9.76. The molecule has 1 amide bonds. The number of piperidine rings is 1. The van der Waals surface area contributed by atoms with E-state index >= 15 is 0 Å². The summed E-state index contributed by atoms with van der Waals surface area (Å²) >= 11 is 6.52. The molecule has 0 radical (unpaired) electrons. The summed E-state index contributed by atoms with van der Waals surface area (Å²) < 4.78 is 18.3. The van der Waals surface area contributed by atoms with Crippen LogP contribution in [0.1, 0.15) is 126 Å². The third kappa shape index (κ3) is 10.4. The number of cyclic esters (lactones) is 1. The molecule has 3 fully saturated rings. The Balaban J connectivity index is 1.74. The van der Waals surface area contributed by atoms with Gasteiger partial charge in [-0.1, -0.05) is 59.3 Å². The molecule has 0 spiro atoms. The Morgan fingerprint density at radius 1 is 1.02 bits per heavy atom. The van der Waals surface area contributed by atoms with Crippen molar-refractivity contribution in [3.63, 3.8) is 0 Å². The third-order valence-electron chi connectivity index (χ3n) is 12.9. The largest absolute Gasteiger partial charge is 0.456 e. The van der Waals surface area contributed by atoms with Crippen LogP contribution in [0.5, 0.6) is 0 Å². The number of nitrogens with zero attached hydrogens (tertiary/aromatic N) is 1. The number of esters is 1. The van der Waals surface area contributed by atoms with Crippen molar-refractivity contribution < 1.29 is 43.6 Å². The van der Waals surface area contributed by atoms with Crippen LogP contribution in [0.15, 0.2) is 23.3 Å².